The van der Waals surface area contributed by atoms with Crippen molar-refractivity contribution in [3.05, 3.63) is 176 Å². The van der Waals surface area contributed by atoms with Crippen LogP contribution in [0.3, 0.4) is 0 Å². The minimum absolute atomic E-state index is 0.877. The monoisotopic (exact) mass is 570 g/mol. The molecule has 7 aromatic rings. The van der Waals surface area contributed by atoms with Gasteiger partial charge in [-0.25, -0.2) is 9.97 Å². The smallest absolute Gasteiger partial charge is 0.145 e. The van der Waals surface area contributed by atoms with E-state index in [9.17, 15) is 0 Å². The molecule has 0 unspecified atom stereocenters. The molecule has 2 aromatic heterocycles. The summed E-state index contributed by atoms with van der Waals surface area (Å²) in [6, 6.07) is 43.7. The molecule has 0 saturated carbocycles. The van der Waals surface area contributed by atoms with Crippen molar-refractivity contribution in [2.75, 3.05) is 0 Å². The van der Waals surface area contributed by atoms with Crippen LogP contribution < -0.4 is 0 Å². The van der Waals surface area contributed by atoms with E-state index in [4.69, 9.17) is 9.97 Å². The number of benzene rings is 5. The van der Waals surface area contributed by atoms with Crippen LogP contribution in [-0.4, -0.2) is 19.1 Å². The highest BCUT2D eigenvalue weighted by Gasteiger charge is 2.16. The van der Waals surface area contributed by atoms with Crippen LogP contribution in [0.15, 0.2) is 159 Å². The van der Waals surface area contributed by atoms with E-state index in [1.807, 2.05) is 42.5 Å². The molecule has 5 aromatic carbocycles. The second-order valence-corrected chi connectivity index (χ2v) is 10.6. The van der Waals surface area contributed by atoms with Gasteiger partial charge in [-0.1, -0.05) is 116 Å². The normalized spacial score (nSPS) is 11.3. The molecule has 0 aliphatic carbocycles. The zero-order valence-electron chi connectivity index (χ0n) is 25.1. The van der Waals surface area contributed by atoms with E-state index in [2.05, 4.69) is 133 Å². The highest BCUT2D eigenvalue weighted by Crippen LogP contribution is 2.30. The number of fused-ring (bicyclic) bond motifs is 2. The fourth-order valence-corrected chi connectivity index (χ4v) is 5.44. The van der Waals surface area contributed by atoms with Crippen LogP contribution in [-0.2, 0) is 0 Å². The third kappa shape index (κ3) is 5.53. The Hall–Kier alpha value is -5.74. The minimum atomic E-state index is 0.877. The van der Waals surface area contributed by atoms with Crippen LogP contribution in [0.25, 0.3) is 50.4 Å². The van der Waals surface area contributed by atoms with Crippen molar-refractivity contribution in [1.82, 2.24) is 19.1 Å². The maximum Gasteiger partial charge on any atom is 0.145 e. The molecule has 44 heavy (non-hydrogen) atoms. The molecule has 0 radical (unpaired) electrons. The van der Waals surface area contributed by atoms with E-state index in [1.165, 1.54) is 11.1 Å². The zero-order chi connectivity index (χ0) is 30.5. The van der Waals surface area contributed by atoms with E-state index >= 15 is 0 Å². The Bertz CT molecular complexity index is 2100. The second-order valence-electron chi connectivity index (χ2n) is 10.6. The van der Waals surface area contributed by atoms with E-state index < -0.39 is 0 Å². The summed E-state index contributed by atoms with van der Waals surface area (Å²) in [5.41, 5.74) is 11.0. The number of hydrogen-bond acceptors (Lipinski definition) is 2. The Balaban J connectivity index is 0.000000156. The number of para-hydroxylation sites is 3. The number of aryl methyl sites for hydroxylation is 2. The van der Waals surface area contributed by atoms with Gasteiger partial charge in [0.2, 0.25) is 0 Å². The van der Waals surface area contributed by atoms with E-state index in [0.29, 0.717) is 0 Å². The summed E-state index contributed by atoms with van der Waals surface area (Å²) >= 11 is 0. The fourth-order valence-electron chi connectivity index (χ4n) is 5.44. The molecule has 4 heteroatoms. The Kier molecular flexibility index (Phi) is 8.15. The van der Waals surface area contributed by atoms with Crippen LogP contribution in [0, 0.1) is 13.8 Å². The number of nitrogens with zero attached hydrogens (tertiary/aromatic N) is 4. The van der Waals surface area contributed by atoms with Gasteiger partial charge in [-0.2, -0.15) is 0 Å². The van der Waals surface area contributed by atoms with E-state index in [1.54, 1.807) is 6.08 Å². The average molecular weight is 571 g/mol. The van der Waals surface area contributed by atoms with Crippen molar-refractivity contribution < 1.29 is 0 Å². The first-order valence-electron chi connectivity index (χ1n) is 14.7. The molecular weight excluding hydrogens is 536 g/mol. The highest BCUT2D eigenvalue weighted by atomic mass is 15.1. The highest BCUT2D eigenvalue weighted by molar-refractivity contribution is 5.86. The van der Waals surface area contributed by atoms with Gasteiger partial charge in [0, 0.05) is 22.5 Å². The zero-order valence-corrected chi connectivity index (χ0v) is 25.1. The standard InChI is InChI=1S/C20H16N2.C20H18N2/c1-15-9-8-14-18-19(15)21-20(16-10-4-2-5-11-16)22(18)17-12-6-3-7-13-17;1-4-9-16(5-2)20-21-18-14-15(3)12-13-19(18)22(20)17-10-7-6-8-11-17/h2-14H,1H3;4-14H,1-2H2,3H3/b;16-9+. The summed E-state index contributed by atoms with van der Waals surface area (Å²) in [6.07, 6.45) is 5.51. The number of allylic oxidation sites excluding steroid dienone is 4. The largest absolute Gasteiger partial charge is 0.292 e. The Labute approximate surface area is 258 Å². The molecule has 0 saturated heterocycles. The summed E-state index contributed by atoms with van der Waals surface area (Å²) in [5, 5.41) is 0. The van der Waals surface area contributed by atoms with Crippen LogP contribution in [0.1, 0.15) is 17.0 Å². The van der Waals surface area contributed by atoms with Gasteiger partial charge in [-0.15, -0.1) is 0 Å². The van der Waals surface area contributed by atoms with Gasteiger partial charge in [-0.05, 0) is 67.4 Å². The molecule has 0 N–H and O–H groups in total. The van der Waals surface area contributed by atoms with Gasteiger partial charge in [0.15, 0.2) is 0 Å². The molecule has 0 aliphatic rings. The molecular formula is C40H34N4. The first-order valence-corrected chi connectivity index (χ1v) is 14.7. The lowest BCUT2D eigenvalue weighted by molar-refractivity contribution is 1.06. The second kappa shape index (κ2) is 12.6. The lowest BCUT2D eigenvalue weighted by atomic mass is 10.2. The molecule has 0 atom stereocenters. The SMILES string of the molecule is C=C/C=C(\C=C)c1nc2cc(C)ccc2n1-c1ccccc1.Cc1cccc2c1nc(-c1ccccc1)n2-c1ccccc1. The fraction of sp³-hybridized carbons (Fsp3) is 0.0500. The molecule has 4 nitrogen and oxygen atoms in total. The summed E-state index contributed by atoms with van der Waals surface area (Å²) in [4.78, 5) is 9.74. The first-order chi connectivity index (χ1) is 21.6. The van der Waals surface area contributed by atoms with Crippen molar-refractivity contribution in [1.29, 1.82) is 0 Å². The molecule has 0 aliphatic heterocycles. The number of rotatable bonds is 6. The topological polar surface area (TPSA) is 35.6 Å². The lowest BCUT2D eigenvalue weighted by Gasteiger charge is -2.09. The first kappa shape index (κ1) is 28.4. The van der Waals surface area contributed by atoms with Crippen molar-refractivity contribution in [2.24, 2.45) is 0 Å². The number of hydrogen-bond donors (Lipinski definition) is 0. The maximum absolute atomic E-state index is 4.92. The van der Waals surface area contributed by atoms with Crippen molar-refractivity contribution in [2.45, 2.75) is 13.8 Å². The third-order valence-corrected chi connectivity index (χ3v) is 7.53. The molecule has 0 bridgehead atoms. The predicted octanol–water partition coefficient (Wildman–Crippen LogP) is 10.1. The van der Waals surface area contributed by atoms with Gasteiger partial charge in [0.1, 0.15) is 11.6 Å². The molecule has 2 heterocycles. The van der Waals surface area contributed by atoms with Crippen LogP contribution in [0.4, 0.5) is 0 Å². The van der Waals surface area contributed by atoms with Gasteiger partial charge in [0.25, 0.3) is 0 Å². The number of imidazole rings is 2. The van der Waals surface area contributed by atoms with Gasteiger partial charge in [0.05, 0.1) is 22.1 Å². The predicted molar refractivity (Wildman–Crippen MR) is 185 cm³/mol. The van der Waals surface area contributed by atoms with E-state index in [-0.39, 0.29) is 0 Å². The molecule has 0 amide bonds. The van der Waals surface area contributed by atoms with Crippen LogP contribution in [0.5, 0.6) is 0 Å². The minimum Gasteiger partial charge on any atom is -0.292 e. The van der Waals surface area contributed by atoms with Gasteiger partial charge < -0.3 is 0 Å². The quantitative estimate of drug-likeness (QED) is 0.187. The molecule has 214 valence electrons. The summed E-state index contributed by atoms with van der Waals surface area (Å²) in [5.74, 6) is 1.86. The molecule has 7 rings (SSSR count). The van der Waals surface area contributed by atoms with E-state index in [0.717, 1.165) is 56.2 Å². The molecule has 0 fully saturated rings. The Morgan fingerprint density at radius 3 is 1.91 bits per heavy atom. The van der Waals surface area contributed by atoms with Crippen molar-refractivity contribution >= 4 is 27.6 Å². The van der Waals surface area contributed by atoms with Crippen molar-refractivity contribution in [3.8, 4) is 22.8 Å². The lowest BCUT2D eigenvalue weighted by Crippen LogP contribution is -1.99. The molecule has 0 spiro atoms. The Morgan fingerprint density at radius 1 is 0.636 bits per heavy atom. The van der Waals surface area contributed by atoms with Crippen LogP contribution in [0.2, 0.25) is 0 Å². The van der Waals surface area contributed by atoms with Gasteiger partial charge >= 0.3 is 0 Å². The van der Waals surface area contributed by atoms with Gasteiger partial charge in [-0.3, -0.25) is 9.13 Å². The summed E-state index contributed by atoms with van der Waals surface area (Å²) < 4.78 is 4.39. The third-order valence-electron chi connectivity index (χ3n) is 7.53. The average Bonchev–Trinajstić information content (AvgIpc) is 3.65. The van der Waals surface area contributed by atoms with Crippen LogP contribution >= 0.6 is 0 Å². The summed E-state index contributed by atoms with van der Waals surface area (Å²) in [6.45, 7) is 11.9. The number of aromatic nitrogens is 4. The van der Waals surface area contributed by atoms with Crippen molar-refractivity contribution in [3.63, 3.8) is 0 Å². The Morgan fingerprint density at radius 2 is 1.27 bits per heavy atom. The maximum atomic E-state index is 4.92. The summed E-state index contributed by atoms with van der Waals surface area (Å²) in [7, 11) is 0.